The first-order chi connectivity index (χ1) is 11.6. The number of rotatable bonds is 4. The predicted octanol–water partition coefficient (Wildman–Crippen LogP) is 2.91. The van der Waals surface area contributed by atoms with Crippen molar-refractivity contribution in [2.24, 2.45) is 5.41 Å². The molecule has 2 aromatic rings. The molecule has 5 heteroatoms. The number of hydrogen-bond donors (Lipinski definition) is 1. The minimum atomic E-state index is -0.277. The fourth-order valence-corrected chi connectivity index (χ4v) is 3.43. The second kappa shape index (κ2) is 6.98. The molecule has 0 unspecified atom stereocenters. The summed E-state index contributed by atoms with van der Waals surface area (Å²) in [6, 6.07) is 12.1. The van der Waals surface area contributed by atoms with Gasteiger partial charge in [0.1, 0.15) is 11.6 Å². The molecule has 1 aromatic carbocycles. The highest BCUT2D eigenvalue weighted by molar-refractivity contribution is 5.45. The van der Waals surface area contributed by atoms with Crippen LogP contribution in [0.3, 0.4) is 0 Å². The van der Waals surface area contributed by atoms with Crippen LogP contribution in [0.5, 0.6) is 0 Å². The first kappa shape index (κ1) is 16.4. The van der Waals surface area contributed by atoms with Crippen LogP contribution in [0, 0.1) is 22.6 Å². The van der Waals surface area contributed by atoms with E-state index in [9.17, 15) is 9.50 Å². The molecule has 0 saturated carbocycles. The Labute approximate surface area is 141 Å². The van der Waals surface area contributed by atoms with Crippen LogP contribution in [0.4, 0.5) is 10.2 Å². The van der Waals surface area contributed by atoms with Crippen molar-refractivity contribution in [3.8, 4) is 6.07 Å². The Morgan fingerprint density at radius 2 is 2.08 bits per heavy atom. The van der Waals surface area contributed by atoms with E-state index in [1.54, 1.807) is 30.5 Å². The SMILES string of the molecule is N#Cc1ccnc(N2CCC[C@](CO)(Cc3ccc(F)cc3)C2)c1. The van der Waals surface area contributed by atoms with E-state index in [1.165, 1.54) is 12.1 Å². The lowest BCUT2D eigenvalue weighted by molar-refractivity contribution is 0.105. The Balaban J connectivity index is 1.81. The van der Waals surface area contributed by atoms with Gasteiger partial charge in [0.05, 0.1) is 18.2 Å². The third kappa shape index (κ3) is 3.55. The fraction of sp³-hybridized carbons (Fsp3) is 0.368. The molecule has 0 spiro atoms. The van der Waals surface area contributed by atoms with Crippen LogP contribution in [0.15, 0.2) is 42.6 Å². The topological polar surface area (TPSA) is 60.2 Å². The van der Waals surface area contributed by atoms with Crippen molar-refractivity contribution in [2.75, 3.05) is 24.6 Å². The maximum Gasteiger partial charge on any atom is 0.129 e. The summed E-state index contributed by atoms with van der Waals surface area (Å²) in [5.74, 6) is 0.519. The zero-order chi connectivity index (χ0) is 17.0. The molecule has 1 aliphatic heterocycles. The number of halogens is 1. The van der Waals surface area contributed by atoms with E-state index in [2.05, 4.69) is 16.0 Å². The second-order valence-electron chi connectivity index (χ2n) is 6.50. The van der Waals surface area contributed by atoms with Gasteiger partial charge in [-0.15, -0.1) is 0 Å². The van der Waals surface area contributed by atoms with E-state index in [0.29, 0.717) is 18.5 Å². The maximum absolute atomic E-state index is 13.1. The van der Waals surface area contributed by atoms with E-state index >= 15 is 0 Å². The summed E-state index contributed by atoms with van der Waals surface area (Å²) < 4.78 is 13.1. The molecule has 0 bridgehead atoms. The van der Waals surface area contributed by atoms with Gasteiger partial charge in [-0.25, -0.2) is 9.37 Å². The molecule has 24 heavy (non-hydrogen) atoms. The number of aliphatic hydroxyl groups excluding tert-OH is 1. The van der Waals surface area contributed by atoms with Crippen molar-refractivity contribution in [3.63, 3.8) is 0 Å². The van der Waals surface area contributed by atoms with Gasteiger partial charge >= 0.3 is 0 Å². The number of aromatic nitrogens is 1. The monoisotopic (exact) mass is 325 g/mol. The van der Waals surface area contributed by atoms with Crippen LogP contribution in [0.2, 0.25) is 0 Å². The molecule has 3 rings (SSSR count). The van der Waals surface area contributed by atoms with Crippen LogP contribution >= 0.6 is 0 Å². The van der Waals surface area contributed by atoms with Crippen molar-refractivity contribution < 1.29 is 9.50 Å². The van der Waals surface area contributed by atoms with Crippen molar-refractivity contribution in [1.29, 1.82) is 5.26 Å². The first-order valence-corrected chi connectivity index (χ1v) is 8.11. The molecule has 1 aliphatic rings. The van der Waals surface area contributed by atoms with E-state index in [0.717, 1.165) is 30.8 Å². The average molecular weight is 325 g/mol. The lowest BCUT2D eigenvalue weighted by Crippen LogP contribution is -2.47. The number of benzene rings is 1. The summed E-state index contributed by atoms with van der Waals surface area (Å²) in [6.45, 7) is 1.59. The molecule has 0 radical (unpaired) electrons. The van der Waals surface area contributed by atoms with Gasteiger partial charge in [-0.1, -0.05) is 12.1 Å². The molecular weight excluding hydrogens is 305 g/mol. The van der Waals surface area contributed by atoms with Gasteiger partial charge in [0.2, 0.25) is 0 Å². The predicted molar refractivity (Wildman–Crippen MR) is 90.0 cm³/mol. The third-order valence-electron chi connectivity index (χ3n) is 4.69. The van der Waals surface area contributed by atoms with Gasteiger partial charge in [0, 0.05) is 24.7 Å². The van der Waals surface area contributed by atoms with Gasteiger partial charge in [-0.05, 0) is 49.1 Å². The van der Waals surface area contributed by atoms with E-state index in [4.69, 9.17) is 5.26 Å². The standard InChI is InChI=1S/C19H20FN3O/c20-17-4-2-15(3-5-17)11-19(14-24)7-1-9-23(13-19)18-10-16(12-21)6-8-22-18/h2-6,8,10,24H,1,7,9,11,13-14H2/t19-/m0/s1. The van der Waals surface area contributed by atoms with E-state index in [1.807, 2.05) is 0 Å². The zero-order valence-electron chi connectivity index (χ0n) is 13.5. The highest BCUT2D eigenvalue weighted by Gasteiger charge is 2.35. The molecule has 1 atom stereocenters. The first-order valence-electron chi connectivity index (χ1n) is 8.11. The summed E-state index contributed by atoms with van der Waals surface area (Å²) in [4.78, 5) is 6.50. The van der Waals surface area contributed by atoms with Gasteiger partial charge in [-0.2, -0.15) is 5.26 Å². The summed E-state index contributed by atoms with van der Waals surface area (Å²) in [7, 11) is 0. The van der Waals surface area contributed by atoms with Gasteiger partial charge in [-0.3, -0.25) is 0 Å². The molecule has 1 fully saturated rings. The quantitative estimate of drug-likeness (QED) is 0.939. The Morgan fingerprint density at radius 3 is 2.79 bits per heavy atom. The number of aliphatic hydroxyl groups is 1. The average Bonchev–Trinajstić information content (AvgIpc) is 2.64. The largest absolute Gasteiger partial charge is 0.396 e. The number of nitrogens with zero attached hydrogens (tertiary/aromatic N) is 3. The number of hydrogen-bond acceptors (Lipinski definition) is 4. The summed E-state index contributed by atoms with van der Waals surface area (Å²) in [6.07, 6.45) is 4.19. The Kier molecular flexibility index (Phi) is 4.77. The number of nitriles is 1. The number of anilines is 1. The Hall–Kier alpha value is -2.45. The van der Waals surface area contributed by atoms with Crippen molar-refractivity contribution in [3.05, 3.63) is 59.5 Å². The van der Waals surface area contributed by atoms with Gasteiger partial charge in [0.15, 0.2) is 0 Å². The molecule has 124 valence electrons. The lowest BCUT2D eigenvalue weighted by Gasteiger charge is -2.42. The van der Waals surface area contributed by atoms with Crippen LogP contribution in [0.25, 0.3) is 0 Å². The fourth-order valence-electron chi connectivity index (χ4n) is 3.43. The van der Waals surface area contributed by atoms with Crippen LogP contribution in [0.1, 0.15) is 24.0 Å². The summed E-state index contributed by atoms with van der Waals surface area (Å²) in [5, 5.41) is 19.1. The van der Waals surface area contributed by atoms with Crippen molar-refractivity contribution in [2.45, 2.75) is 19.3 Å². The lowest BCUT2D eigenvalue weighted by atomic mass is 9.75. The van der Waals surface area contributed by atoms with E-state index < -0.39 is 0 Å². The molecule has 1 saturated heterocycles. The summed E-state index contributed by atoms with van der Waals surface area (Å²) >= 11 is 0. The molecule has 0 aliphatic carbocycles. The number of piperidine rings is 1. The van der Waals surface area contributed by atoms with E-state index in [-0.39, 0.29) is 17.8 Å². The van der Waals surface area contributed by atoms with Crippen molar-refractivity contribution in [1.82, 2.24) is 4.98 Å². The Bertz CT molecular complexity index is 741. The van der Waals surface area contributed by atoms with Crippen LogP contribution in [-0.4, -0.2) is 29.8 Å². The van der Waals surface area contributed by atoms with Gasteiger partial charge in [0.25, 0.3) is 0 Å². The minimum absolute atomic E-state index is 0.0683. The van der Waals surface area contributed by atoms with Gasteiger partial charge < -0.3 is 10.0 Å². The number of pyridine rings is 1. The molecular formula is C19H20FN3O. The zero-order valence-corrected chi connectivity index (χ0v) is 13.5. The van der Waals surface area contributed by atoms with Crippen molar-refractivity contribution >= 4 is 5.82 Å². The molecule has 2 heterocycles. The second-order valence-corrected chi connectivity index (χ2v) is 6.50. The molecule has 1 aromatic heterocycles. The summed E-state index contributed by atoms with van der Waals surface area (Å²) in [5.41, 5.74) is 1.32. The molecule has 1 N–H and O–H groups in total. The molecule has 4 nitrogen and oxygen atoms in total. The minimum Gasteiger partial charge on any atom is -0.396 e. The normalized spacial score (nSPS) is 20.6. The maximum atomic E-state index is 13.1. The van der Waals surface area contributed by atoms with Crippen LogP contribution < -0.4 is 4.90 Å². The highest BCUT2D eigenvalue weighted by atomic mass is 19.1. The smallest absolute Gasteiger partial charge is 0.129 e. The molecule has 0 amide bonds. The highest BCUT2D eigenvalue weighted by Crippen LogP contribution is 2.35. The van der Waals surface area contributed by atoms with Crippen LogP contribution in [-0.2, 0) is 6.42 Å². The Morgan fingerprint density at radius 1 is 1.29 bits per heavy atom. The third-order valence-corrected chi connectivity index (χ3v) is 4.69.